The van der Waals surface area contributed by atoms with Crippen molar-refractivity contribution in [1.29, 1.82) is 0 Å². The van der Waals surface area contributed by atoms with Gasteiger partial charge in [0.1, 0.15) is 5.82 Å². The number of sulfonamides is 1. The van der Waals surface area contributed by atoms with Gasteiger partial charge in [0, 0.05) is 18.2 Å². The van der Waals surface area contributed by atoms with Crippen LogP contribution >= 0.6 is 0 Å². The molecule has 1 aliphatic heterocycles. The minimum Gasteiger partial charge on any atom is -0.352 e. The zero-order chi connectivity index (χ0) is 18.9. The zero-order valence-corrected chi connectivity index (χ0v) is 15.5. The quantitative estimate of drug-likeness (QED) is 0.872. The molecule has 3 rings (SSSR count). The van der Waals surface area contributed by atoms with E-state index in [0.717, 1.165) is 11.1 Å². The summed E-state index contributed by atoms with van der Waals surface area (Å²) in [7, 11) is -3.34. The lowest BCUT2D eigenvalue weighted by molar-refractivity contribution is 0.0954. The number of halogens is 1. The van der Waals surface area contributed by atoms with Crippen molar-refractivity contribution in [2.45, 2.75) is 25.8 Å². The predicted octanol–water partition coefficient (Wildman–Crippen LogP) is 2.51. The summed E-state index contributed by atoms with van der Waals surface area (Å²) in [6, 6.07) is 11.1. The first kappa shape index (κ1) is 18.4. The average molecular weight is 376 g/mol. The molecule has 7 heteroatoms. The van der Waals surface area contributed by atoms with E-state index in [1.165, 1.54) is 22.7 Å². The van der Waals surface area contributed by atoms with Crippen molar-refractivity contribution in [2.75, 3.05) is 17.1 Å². The summed E-state index contributed by atoms with van der Waals surface area (Å²) in [5, 5.41) is 2.84. The highest BCUT2D eigenvalue weighted by Crippen LogP contribution is 2.34. The molecule has 0 spiro atoms. The Bertz CT molecular complexity index is 926. The average Bonchev–Trinajstić information content (AvgIpc) is 2.91. The SMILES string of the molecule is C[C@@H]1Cc2cc(C(=O)NCCc3ccc(F)cc3)ccc2N1S(C)(=O)=O. The normalized spacial score (nSPS) is 16.4. The highest BCUT2D eigenvalue weighted by Gasteiger charge is 2.32. The Morgan fingerprint density at radius 1 is 1.23 bits per heavy atom. The Kier molecular flexibility index (Phi) is 5.00. The monoisotopic (exact) mass is 376 g/mol. The van der Waals surface area contributed by atoms with Crippen molar-refractivity contribution >= 4 is 21.6 Å². The molecule has 2 aromatic rings. The van der Waals surface area contributed by atoms with Crippen molar-refractivity contribution in [2.24, 2.45) is 0 Å². The predicted molar refractivity (Wildman–Crippen MR) is 99.4 cm³/mol. The van der Waals surface area contributed by atoms with Crippen LogP contribution in [0.2, 0.25) is 0 Å². The number of rotatable bonds is 5. The van der Waals surface area contributed by atoms with Gasteiger partial charge < -0.3 is 5.32 Å². The van der Waals surface area contributed by atoms with Gasteiger partial charge in [-0.25, -0.2) is 12.8 Å². The number of benzene rings is 2. The maximum absolute atomic E-state index is 12.9. The summed E-state index contributed by atoms with van der Waals surface area (Å²) in [5.74, 6) is -0.492. The Labute approximate surface area is 152 Å². The second-order valence-corrected chi connectivity index (χ2v) is 8.45. The van der Waals surface area contributed by atoms with Crippen molar-refractivity contribution in [3.63, 3.8) is 0 Å². The summed E-state index contributed by atoms with van der Waals surface area (Å²) < 4.78 is 38.2. The van der Waals surface area contributed by atoms with Crippen LogP contribution in [0.25, 0.3) is 0 Å². The smallest absolute Gasteiger partial charge is 0.251 e. The van der Waals surface area contributed by atoms with Gasteiger partial charge in [-0.3, -0.25) is 9.10 Å². The number of hydrogen-bond acceptors (Lipinski definition) is 3. The molecule has 0 saturated carbocycles. The third kappa shape index (κ3) is 3.88. The summed E-state index contributed by atoms with van der Waals surface area (Å²) in [6.45, 7) is 2.29. The van der Waals surface area contributed by atoms with E-state index in [1.54, 1.807) is 30.3 Å². The molecule has 1 heterocycles. The first-order valence-corrected chi connectivity index (χ1v) is 10.3. The number of carbonyl (C=O) groups is 1. The van der Waals surface area contributed by atoms with Crippen molar-refractivity contribution in [3.05, 3.63) is 65.0 Å². The van der Waals surface area contributed by atoms with Gasteiger partial charge in [-0.1, -0.05) is 12.1 Å². The fraction of sp³-hybridized carbons (Fsp3) is 0.316. The molecule has 0 aliphatic carbocycles. The molecule has 1 atom stereocenters. The topological polar surface area (TPSA) is 66.5 Å². The molecule has 1 aliphatic rings. The highest BCUT2D eigenvalue weighted by atomic mass is 32.2. The molecule has 5 nitrogen and oxygen atoms in total. The van der Waals surface area contributed by atoms with E-state index in [1.807, 2.05) is 6.92 Å². The first-order valence-electron chi connectivity index (χ1n) is 8.40. The van der Waals surface area contributed by atoms with Gasteiger partial charge in [0.25, 0.3) is 5.91 Å². The van der Waals surface area contributed by atoms with Gasteiger partial charge >= 0.3 is 0 Å². The van der Waals surface area contributed by atoms with Gasteiger partial charge in [0.05, 0.1) is 11.9 Å². The fourth-order valence-corrected chi connectivity index (χ4v) is 4.59. The van der Waals surface area contributed by atoms with Crippen LogP contribution in [0.3, 0.4) is 0 Å². The van der Waals surface area contributed by atoms with Crippen LogP contribution in [-0.4, -0.2) is 33.2 Å². The molecular formula is C19H21FN2O3S. The maximum Gasteiger partial charge on any atom is 0.251 e. The Balaban J connectivity index is 1.66. The van der Waals surface area contributed by atoms with Crippen LogP contribution in [0.4, 0.5) is 10.1 Å². The van der Waals surface area contributed by atoms with Crippen molar-refractivity contribution < 1.29 is 17.6 Å². The number of carbonyl (C=O) groups excluding carboxylic acids is 1. The lowest BCUT2D eigenvalue weighted by atomic mass is 10.1. The van der Waals surface area contributed by atoms with Gasteiger partial charge in [0.2, 0.25) is 10.0 Å². The molecule has 1 N–H and O–H groups in total. The maximum atomic E-state index is 12.9. The van der Waals surface area contributed by atoms with Crippen LogP contribution in [-0.2, 0) is 22.9 Å². The molecule has 2 aromatic carbocycles. The minimum absolute atomic E-state index is 0.156. The second-order valence-electron chi connectivity index (χ2n) is 6.59. The lowest BCUT2D eigenvalue weighted by Crippen LogP contribution is -2.34. The number of nitrogens with zero attached hydrogens (tertiary/aromatic N) is 1. The molecule has 0 unspecified atom stereocenters. The molecule has 1 amide bonds. The number of anilines is 1. The Morgan fingerprint density at radius 2 is 1.92 bits per heavy atom. The number of fused-ring (bicyclic) bond motifs is 1. The van der Waals surface area contributed by atoms with Crippen LogP contribution in [0.1, 0.15) is 28.4 Å². The third-order valence-electron chi connectivity index (χ3n) is 4.46. The second kappa shape index (κ2) is 7.07. The number of nitrogens with one attached hydrogen (secondary N) is 1. The summed E-state index contributed by atoms with van der Waals surface area (Å²) in [6.07, 6.45) is 2.38. The molecule has 0 radical (unpaired) electrons. The van der Waals surface area contributed by atoms with E-state index < -0.39 is 10.0 Å². The van der Waals surface area contributed by atoms with Crippen molar-refractivity contribution in [1.82, 2.24) is 5.32 Å². The third-order valence-corrected chi connectivity index (χ3v) is 5.74. The zero-order valence-electron chi connectivity index (χ0n) is 14.7. The number of hydrogen-bond donors (Lipinski definition) is 1. The van der Waals surface area contributed by atoms with Gasteiger partial charge in [0.15, 0.2) is 0 Å². The van der Waals surface area contributed by atoms with Crippen LogP contribution in [0.5, 0.6) is 0 Å². The Hall–Kier alpha value is -2.41. The molecule has 138 valence electrons. The molecule has 0 saturated heterocycles. The van der Waals surface area contributed by atoms with Crippen molar-refractivity contribution in [3.8, 4) is 0 Å². The van der Waals surface area contributed by atoms with Crippen LogP contribution in [0, 0.1) is 5.82 Å². The highest BCUT2D eigenvalue weighted by molar-refractivity contribution is 7.92. The number of amides is 1. The van der Waals surface area contributed by atoms with Gasteiger partial charge in [-0.15, -0.1) is 0 Å². The molecular weight excluding hydrogens is 355 g/mol. The van der Waals surface area contributed by atoms with Gasteiger partial charge in [-0.2, -0.15) is 0 Å². The van der Waals surface area contributed by atoms with E-state index in [4.69, 9.17) is 0 Å². The van der Waals surface area contributed by atoms with E-state index in [9.17, 15) is 17.6 Å². The van der Waals surface area contributed by atoms with E-state index in [0.29, 0.717) is 30.6 Å². The Morgan fingerprint density at radius 3 is 2.58 bits per heavy atom. The summed E-state index contributed by atoms with van der Waals surface area (Å²) in [5.41, 5.74) is 2.95. The standard InChI is InChI=1S/C19H21FN2O3S/c1-13-11-16-12-15(5-8-18(16)22(13)26(2,24)25)19(23)21-10-9-14-3-6-17(20)7-4-14/h3-8,12-13H,9-11H2,1-2H3,(H,21,23)/t13-/m1/s1. The van der Waals surface area contributed by atoms with Crippen LogP contribution < -0.4 is 9.62 Å². The van der Waals surface area contributed by atoms with Crippen LogP contribution in [0.15, 0.2) is 42.5 Å². The van der Waals surface area contributed by atoms with E-state index >= 15 is 0 Å². The lowest BCUT2D eigenvalue weighted by Gasteiger charge is -2.21. The largest absolute Gasteiger partial charge is 0.352 e. The summed E-state index contributed by atoms with van der Waals surface area (Å²) in [4.78, 5) is 12.3. The van der Waals surface area contributed by atoms with E-state index in [-0.39, 0.29) is 17.8 Å². The molecule has 0 bridgehead atoms. The summed E-state index contributed by atoms with van der Waals surface area (Å²) >= 11 is 0. The molecule has 0 fully saturated rings. The molecule has 26 heavy (non-hydrogen) atoms. The fourth-order valence-electron chi connectivity index (χ4n) is 3.32. The minimum atomic E-state index is -3.34. The van der Waals surface area contributed by atoms with Gasteiger partial charge in [-0.05, 0) is 61.2 Å². The first-order chi connectivity index (χ1) is 12.3. The molecule has 0 aromatic heterocycles. The van der Waals surface area contributed by atoms with E-state index in [2.05, 4.69) is 5.32 Å².